The molecule has 18 heteroatoms. The van der Waals surface area contributed by atoms with E-state index in [-0.39, 0.29) is 49.1 Å². The Morgan fingerprint density at radius 1 is 1.02 bits per heavy atom. The van der Waals surface area contributed by atoms with Crippen molar-refractivity contribution in [2.45, 2.75) is 127 Å². The fourth-order valence-corrected chi connectivity index (χ4v) is 10.2. The first-order chi connectivity index (χ1) is 31.3. The number of carboxylic acid groups (broad SMARTS) is 1. The molecule has 0 spiro atoms. The van der Waals surface area contributed by atoms with Gasteiger partial charge in [0.2, 0.25) is 11.8 Å². The number of carbonyl (C=O) groups excluding carboxylic acids is 3. The maximum Gasteiger partial charge on any atom is 0.303 e. The predicted octanol–water partition coefficient (Wildman–Crippen LogP) is 7.76. The fraction of sp³-hybridized carbons (Fsp3) is 0.500. The highest BCUT2D eigenvalue weighted by atomic mass is 32.2. The van der Waals surface area contributed by atoms with E-state index in [9.17, 15) is 27.6 Å². The number of methoxy groups -OCH3 is 1. The van der Waals surface area contributed by atoms with Crippen LogP contribution in [0.25, 0.3) is 22.3 Å². The van der Waals surface area contributed by atoms with Crippen molar-refractivity contribution in [2.24, 2.45) is 11.3 Å². The normalized spacial score (nSPS) is 19.3. The number of carbonyl (C=O) groups is 4. The molecule has 2 aromatic heterocycles. The first-order valence-electron chi connectivity index (χ1n) is 22.6. The number of carboxylic acids is 1. The number of para-hydroxylation sites is 1. The predicted molar refractivity (Wildman–Crippen MR) is 256 cm³/mol. The van der Waals surface area contributed by atoms with Crippen LogP contribution in [-0.2, 0) is 29.2 Å². The lowest BCUT2D eigenvalue weighted by Gasteiger charge is -2.28. The first kappa shape index (κ1) is 49.7. The molecule has 0 radical (unpaired) electrons. The second kappa shape index (κ2) is 21.3. The Labute approximate surface area is 391 Å². The number of unbranched alkanes of at least 4 members (excludes halogenated alkanes) is 5. The van der Waals surface area contributed by atoms with Gasteiger partial charge in [0.1, 0.15) is 39.8 Å². The van der Waals surface area contributed by atoms with Gasteiger partial charge >= 0.3 is 5.97 Å². The number of ether oxygens (including phenoxy) is 2. The molecule has 1 saturated heterocycles. The molecule has 1 aliphatic heterocycles. The minimum absolute atomic E-state index is 0.0799. The molecule has 4 aromatic rings. The van der Waals surface area contributed by atoms with Crippen LogP contribution >= 0.6 is 11.3 Å². The van der Waals surface area contributed by atoms with Crippen molar-refractivity contribution < 1.29 is 42.2 Å². The third-order valence-electron chi connectivity index (χ3n) is 11.6. The number of nitrogens with one attached hydrogen (secondary N) is 4. The van der Waals surface area contributed by atoms with E-state index in [4.69, 9.17) is 24.5 Å². The summed E-state index contributed by atoms with van der Waals surface area (Å²) in [7, 11) is -2.85. The van der Waals surface area contributed by atoms with Crippen molar-refractivity contribution in [1.29, 1.82) is 0 Å². The van der Waals surface area contributed by atoms with Gasteiger partial charge in [-0.1, -0.05) is 64.7 Å². The molecule has 66 heavy (non-hydrogen) atoms. The van der Waals surface area contributed by atoms with Crippen molar-refractivity contribution in [2.75, 3.05) is 30.8 Å². The third-order valence-corrected chi connectivity index (χ3v) is 13.8. The molecule has 6 rings (SSSR count). The van der Waals surface area contributed by atoms with Gasteiger partial charge in [-0.25, -0.2) is 23.1 Å². The molecule has 2 aliphatic rings. The third kappa shape index (κ3) is 12.6. The van der Waals surface area contributed by atoms with E-state index >= 15 is 0 Å². The van der Waals surface area contributed by atoms with Gasteiger partial charge in [0.25, 0.3) is 15.9 Å². The Morgan fingerprint density at radius 2 is 1.74 bits per heavy atom. The zero-order valence-electron chi connectivity index (χ0n) is 38.6. The van der Waals surface area contributed by atoms with Crippen LogP contribution in [-0.4, -0.2) is 96.0 Å². The molecular weight excluding hydrogens is 883 g/mol. The van der Waals surface area contributed by atoms with E-state index < -0.39 is 56.8 Å². The highest BCUT2D eigenvalue weighted by Gasteiger charge is 2.61. The van der Waals surface area contributed by atoms with Crippen LogP contribution in [0.5, 0.6) is 11.5 Å². The molecule has 1 saturated carbocycles. The van der Waals surface area contributed by atoms with E-state index in [0.29, 0.717) is 52.4 Å². The van der Waals surface area contributed by atoms with Crippen molar-refractivity contribution in [1.82, 2.24) is 24.9 Å². The number of aliphatic carboxylic acids is 1. The van der Waals surface area contributed by atoms with Gasteiger partial charge in [0.05, 0.1) is 30.6 Å². The summed E-state index contributed by atoms with van der Waals surface area (Å²) in [6, 6.07) is 12.7. The summed E-state index contributed by atoms with van der Waals surface area (Å²) in [5, 5.41) is 21.6. The lowest BCUT2D eigenvalue weighted by atomic mass is 9.91. The van der Waals surface area contributed by atoms with Crippen LogP contribution in [0.2, 0.25) is 0 Å². The molecular formula is C48H63N7O9S2. The highest BCUT2D eigenvalue weighted by molar-refractivity contribution is 7.90. The zero-order chi connectivity index (χ0) is 47.8. The summed E-state index contributed by atoms with van der Waals surface area (Å²) in [5.41, 5.74) is 0.109. The van der Waals surface area contributed by atoms with Gasteiger partial charge in [-0.3, -0.25) is 19.2 Å². The van der Waals surface area contributed by atoms with Crippen molar-refractivity contribution in [3.05, 3.63) is 66.6 Å². The zero-order valence-corrected chi connectivity index (χ0v) is 40.3. The van der Waals surface area contributed by atoms with Crippen molar-refractivity contribution in [3.8, 4) is 22.9 Å². The minimum Gasteiger partial charge on any atom is -0.497 e. The van der Waals surface area contributed by atoms with Gasteiger partial charge in [-0.15, -0.1) is 17.9 Å². The van der Waals surface area contributed by atoms with Crippen LogP contribution in [0.15, 0.2) is 71.5 Å². The van der Waals surface area contributed by atoms with Gasteiger partial charge in [-0.2, -0.15) is 0 Å². The highest BCUT2D eigenvalue weighted by Crippen LogP contribution is 2.45. The van der Waals surface area contributed by atoms with Crippen LogP contribution in [0.3, 0.4) is 0 Å². The topological polar surface area (TPSA) is 218 Å². The number of pyridine rings is 1. The molecule has 0 bridgehead atoms. The Bertz CT molecular complexity index is 2520. The Kier molecular flexibility index (Phi) is 16.0. The monoisotopic (exact) mass is 945 g/mol. The Hall–Kier alpha value is -5.75. The average molecular weight is 946 g/mol. The molecule has 356 valence electrons. The molecule has 3 heterocycles. The largest absolute Gasteiger partial charge is 0.497 e. The first-order valence-corrected chi connectivity index (χ1v) is 24.9. The maximum atomic E-state index is 14.5. The van der Waals surface area contributed by atoms with Crippen LogP contribution in [0, 0.1) is 11.3 Å². The molecule has 1 aliphatic carbocycles. The van der Waals surface area contributed by atoms with Crippen LogP contribution in [0.1, 0.15) is 98.8 Å². The van der Waals surface area contributed by atoms with Gasteiger partial charge < -0.3 is 35.4 Å². The Morgan fingerprint density at radius 3 is 2.42 bits per heavy atom. The summed E-state index contributed by atoms with van der Waals surface area (Å²) in [6.07, 6.45) is 6.35. The van der Waals surface area contributed by atoms with Crippen molar-refractivity contribution >= 4 is 66.8 Å². The number of amides is 3. The smallest absolute Gasteiger partial charge is 0.303 e. The fourth-order valence-electron chi connectivity index (χ4n) is 8.16. The number of aromatic nitrogens is 2. The van der Waals surface area contributed by atoms with Crippen LogP contribution < -0.4 is 30.1 Å². The molecule has 16 nitrogen and oxygen atoms in total. The lowest BCUT2D eigenvalue weighted by Crippen LogP contribution is -2.56. The Balaban J connectivity index is 1.19. The van der Waals surface area contributed by atoms with Gasteiger partial charge in [0, 0.05) is 60.7 Å². The molecule has 3 amide bonds. The van der Waals surface area contributed by atoms with E-state index in [0.717, 1.165) is 37.2 Å². The van der Waals surface area contributed by atoms with E-state index in [1.54, 1.807) is 43.5 Å². The number of rotatable bonds is 23. The molecule has 4 atom stereocenters. The second-order valence-electron chi connectivity index (χ2n) is 18.6. The summed E-state index contributed by atoms with van der Waals surface area (Å²) >= 11 is 1.46. The number of benzene rings is 2. The molecule has 5 N–H and O–H groups in total. The number of sulfonamides is 1. The molecule has 2 aromatic carbocycles. The average Bonchev–Trinajstić information content (AvgIpc) is 3.51. The second-order valence-corrected chi connectivity index (χ2v) is 21.1. The minimum atomic E-state index is -4.42. The number of anilines is 2. The number of nitrogens with zero attached hydrogens (tertiary/aromatic N) is 3. The molecule has 2 fully saturated rings. The van der Waals surface area contributed by atoms with E-state index in [1.807, 2.05) is 46.1 Å². The summed E-state index contributed by atoms with van der Waals surface area (Å²) in [5.74, 6) is -2.06. The number of fused-ring (bicyclic) bond motifs is 1. The van der Waals surface area contributed by atoms with E-state index in [2.05, 4.69) is 27.3 Å². The quantitative estimate of drug-likeness (QED) is 0.0355. The summed E-state index contributed by atoms with van der Waals surface area (Å²) in [6.45, 7) is 14.3. The van der Waals surface area contributed by atoms with Crippen LogP contribution in [0.4, 0.5) is 10.8 Å². The number of likely N-dealkylation sites (tertiary alicyclic amines) is 1. The molecule has 0 unspecified atom stereocenters. The SMILES string of the molecule is C=C[C@@H]1C[C@]1(NC(=O)[C@@H]1C[C@@H](Oc2cc(-c3csc(NC(C)C)n3)nc3cc(OC)ccc23)CN1C(=O)CC(C)(C)C)C(=O)NS(=O)(=O)c1ccccc1NCCCCCCCCC(=O)O. The number of hydrogen-bond acceptors (Lipinski definition) is 13. The van der Waals surface area contributed by atoms with Gasteiger partial charge in [0.15, 0.2) is 5.13 Å². The van der Waals surface area contributed by atoms with Gasteiger partial charge in [-0.05, 0) is 62.8 Å². The number of thiazole rings is 1. The standard InChI is InChI=1S/C48H63N7O9S2/c1-8-31-26-48(31,45(60)54-66(61,62)41-18-15-14-17-35(41)49-22-16-12-10-9-11-13-19-43(57)58)53-44(59)39-24-33(28-55(39)42(56)27-47(4,5)6)64-40-25-37(38-29-65-46(52-38)50-30(2)3)51-36-23-32(63-7)20-21-34(36)40/h8,14-15,17-18,20-21,23,25,29-31,33,39,49H,1,9-13,16,19,22,24,26-28H2,2-7H3,(H,50,52)(H,53,59)(H,54,60)(H,57,58)/t31-,33-,39+,48-/m1/s1. The van der Waals surface area contributed by atoms with Crippen molar-refractivity contribution in [3.63, 3.8) is 0 Å². The lowest BCUT2D eigenvalue weighted by molar-refractivity contribution is -0.141. The summed E-state index contributed by atoms with van der Waals surface area (Å²) < 4.78 is 42.3. The summed E-state index contributed by atoms with van der Waals surface area (Å²) in [4.78, 5) is 64.4. The maximum absolute atomic E-state index is 14.5. The number of hydrogen-bond donors (Lipinski definition) is 5. The van der Waals surface area contributed by atoms with E-state index in [1.165, 1.54) is 28.4 Å².